The first-order chi connectivity index (χ1) is 13.4. The van der Waals surface area contributed by atoms with Crippen LogP contribution < -0.4 is 0 Å². The molecule has 0 aliphatic heterocycles. The van der Waals surface area contributed by atoms with Gasteiger partial charge in [0.25, 0.3) is 0 Å². The van der Waals surface area contributed by atoms with Crippen molar-refractivity contribution in [2.45, 2.75) is 8.22 Å². The molecule has 0 spiro atoms. The molecule has 0 saturated carbocycles. The van der Waals surface area contributed by atoms with Crippen molar-refractivity contribution in [3.63, 3.8) is 0 Å². The Morgan fingerprint density at radius 3 is 1.24 bits per heavy atom. The largest absolute Gasteiger partial charge is 0.481 e. The van der Waals surface area contributed by atoms with Gasteiger partial charge in [0.15, 0.2) is 11.8 Å². The lowest BCUT2D eigenvalue weighted by atomic mass is 10.2. The molecule has 0 aliphatic rings. The molecular weight excluding hydrogens is 628 g/mol. The molecule has 0 fully saturated rings. The van der Waals surface area contributed by atoms with Crippen molar-refractivity contribution in [3.05, 3.63) is 0 Å². The number of carbonyl (C=O) groups is 5. The molecule has 166 valence electrons. The van der Waals surface area contributed by atoms with Gasteiger partial charge >= 0.3 is 29.8 Å². The highest BCUT2D eigenvalue weighted by molar-refractivity contribution is 14.1. The molecule has 0 aromatic carbocycles. The Morgan fingerprint density at radius 1 is 0.690 bits per heavy atom. The lowest BCUT2D eigenvalue weighted by Gasteiger charge is -2.23. The average Bonchev–Trinajstić information content (AvgIpc) is 2.52. The third kappa shape index (κ3) is 10.9. The second-order valence-electron chi connectivity index (χ2n) is 5.42. The summed E-state index contributed by atoms with van der Waals surface area (Å²) in [4.78, 5) is 56.0. The second-order valence-corrected chi connectivity index (χ2v) is 7.88. The number of carboxylic acid groups (broad SMARTS) is 5. The molecule has 0 aliphatic carbocycles. The highest BCUT2D eigenvalue weighted by Gasteiger charge is 2.35. The maximum absolute atomic E-state index is 10.9. The van der Waals surface area contributed by atoms with Crippen LogP contribution in [0.4, 0.5) is 0 Å². The molecule has 0 aromatic rings. The van der Waals surface area contributed by atoms with Crippen molar-refractivity contribution in [2.75, 3.05) is 32.8 Å². The SMILES string of the molecule is O=C(O)CN(CCOC(I)C(C(=O)O)C(=O)O)CCOC(I)C(C(=O)O)C(=O)O. The number of hydrogen-bond donors (Lipinski definition) is 5. The van der Waals surface area contributed by atoms with Crippen LogP contribution in [0.1, 0.15) is 0 Å². The molecule has 0 bridgehead atoms. The normalized spacial score (nSPS) is 13.4. The molecule has 0 saturated heterocycles. The minimum absolute atomic E-state index is 0.0195. The van der Waals surface area contributed by atoms with E-state index in [-0.39, 0.29) is 26.3 Å². The number of ether oxygens (including phenoxy) is 2. The predicted molar refractivity (Wildman–Crippen MR) is 109 cm³/mol. The molecule has 15 heteroatoms. The topological polar surface area (TPSA) is 208 Å². The molecule has 5 N–H and O–H groups in total. The zero-order valence-corrected chi connectivity index (χ0v) is 19.0. The van der Waals surface area contributed by atoms with Gasteiger partial charge in [0.2, 0.25) is 0 Å². The van der Waals surface area contributed by atoms with E-state index in [0.717, 1.165) is 0 Å². The van der Waals surface area contributed by atoms with Gasteiger partial charge in [-0.05, 0) is 45.2 Å². The van der Waals surface area contributed by atoms with E-state index in [1.165, 1.54) is 50.1 Å². The second kappa shape index (κ2) is 13.8. The highest BCUT2D eigenvalue weighted by Crippen LogP contribution is 2.17. The summed E-state index contributed by atoms with van der Waals surface area (Å²) in [6, 6.07) is 0. The fraction of sp³-hybridized carbons (Fsp3) is 0.643. The standard InChI is InChI=1S/C14H19I2NO12/c15-9(7(11(20)21)12(22)23)28-3-1-17(5-6(18)19)2-4-29-10(16)8(13(24)25)14(26)27/h7-10H,1-5H2,(H,18,19)(H,20,21)(H,22,23)(H,24,25)(H,26,27). The van der Waals surface area contributed by atoms with Gasteiger partial charge in [-0.3, -0.25) is 28.9 Å². The monoisotopic (exact) mass is 647 g/mol. The van der Waals surface area contributed by atoms with Crippen LogP contribution in [0, 0.1) is 11.8 Å². The molecule has 2 unspecified atom stereocenters. The lowest BCUT2D eigenvalue weighted by molar-refractivity contribution is -0.160. The van der Waals surface area contributed by atoms with E-state index in [1.807, 2.05) is 0 Å². The maximum atomic E-state index is 10.9. The van der Waals surface area contributed by atoms with E-state index in [4.69, 9.17) is 35.0 Å². The summed E-state index contributed by atoms with van der Waals surface area (Å²) in [6.07, 6.45) is 0. The number of aliphatic carboxylic acids is 5. The van der Waals surface area contributed by atoms with E-state index in [1.54, 1.807) is 0 Å². The van der Waals surface area contributed by atoms with Crippen LogP contribution >= 0.6 is 45.2 Å². The Kier molecular flexibility index (Phi) is 13.2. The first-order valence-corrected chi connectivity index (χ1v) is 10.2. The molecule has 0 radical (unpaired) electrons. The molecule has 0 rings (SSSR count). The number of carboxylic acids is 5. The van der Waals surface area contributed by atoms with E-state index in [0.29, 0.717) is 0 Å². The lowest BCUT2D eigenvalue weighted by Crippen LogP contribution is -2.39. The van der Waals surface area contributed by atoms with Crippen LogP contribution in [-0.4, -0.2) is 101 Å². The van der Waals surface area contributed by atoms with Crippen LogP contribution in [0.5, 0.6) is 0 Å². The quantitative estimate of drug-likeness (QED) is 0.0815. The van der Waals surface area contributed by atoms with Gasteiger partial charge in [-0.1, -0.05) is 0 Å². The fourth-order valence-corrected chi connectivity index (χ4v) is 3.64. The molecule has 0 aromatic heterocycles. The molecule has 13 nitrogen and oxygen atoms in total. The average molecular weight is 647 g/mol. The van der Waals surface area contributed by atoms with E-state index in [2.05, 4.69) is 0 Å². The van der Waals surface area contributed by atoms with Crippen molar-refractivity contribution in [1.82, 2.24) is 4.90 Å². The van der Waals surface area contributed by atoms with Gasteiger partial charge in [0.05, 0.1) is 19.8 Å². The van der Waals surface area contributed by atoms with Crippen LogP contribution in [-0.2, 0) is 33.4 Å². The Bertz CT molecular complexity index is 543. The first kappa shape index (κ1) is 27.7. The third-order valence-electron chi connectivity index (χ3n) is 3.32. The minimum Gasteiger partial charge on any atom is -0.481 e. The Hall–Kier alpha value is -1.31. The Balaban J connectivity index is 4.66. The molecule has 0 amide bonds. The van der Waals surface area contributed by atoms with E-state index < -0.39 is 56.4 Å². The van der Waals surface area contributed by atoms with Gasteiger partial charge < -0.3 is 35.0 Å². The number of hydrogen-bond acceptors (Lipinski definition) is 8. The molecule has 2 atom stereocenters. The maximum Gasteiger partial charge on any atom is 0.321 e. The smallest absolute Gasteiger partial charge is 0.321 e. The van der Waals surface area contributed by atoms with E-state index >= 15 is 0 Å². The van der Waals surface area contributed by atoms with Crippen molar-refractivity contribution in [1.29, 1.82) is 0 Å². The van der Waals surface area contributed by atoms with Crippen molar-refractivity contribution >= 4 is 75.0 Å². The summed E-state index contributed by atoms with van der Waals surface area (Å²) in [5.41, 5.74) is 0. The van der Waals surface area contributed by atoms with Crippen LogP contribution in [0.3, 0.4) is 0 Å². The number of halogens is 2. The zero-order chi connectivity index (χ0) is 22.7. The highest BCUT2D eigenvalue weighted by atomic mass is 127. The molecule has 0 heterocycles. The minimum atomic E-state index is -1.80. The van der Waals surface area contributed by atoms with Gasteiger partial charge in [0, 0.05) is 13.1 Å². The first-order valence-electron chi connectivity index (χ1n) is 7.75. The summed E-state index contributed by atoms with van der Waals surface area (Å²) in [5, 5.41) is 44.4. The summed E-state index contributed by atoms with van der Waals surface area (Å²) in [5.74, 6) is -11.1. The summed E-state index contributed by atoms with van der Waals surface area (Å²) < 4.78 is 7.92. The van der Waals surface area contributed by atoms with Crippen LogP contribution in [0.25, 0.3) is 0 Å². The van der Waals surface area contributed by atoms with Gasteiger partial charge in [-0.2, -0.15) is 0 Å². The van der Waals surface area contributed by atoms with Crippen LogP contribution in [0.15, 0.2) is 0 Å². The molecule has 29 heavy (non-hydrogen) atoms. The van der Waals surface area contributed by atoms with Gasteiger partial charge in [0.1, 0.15) is 8.22 Å². The predicted octanol–water partition coefficient (Wildman–Crippen LogP) is -0.501. The fourth-order valence-electron chi connectivity index (χ4n) is 1.90. The van der Waals surface area contributed by atoms with E-state index in [9.17, 15) is 24.0 Å². The number of alkyl halides is 2. The van der Waals surface area contributed by atoms with Crippen molar-refractivity contribution in [2.24, 2.45) is 11.8 Å². The number of rotatable bonds is 16. The zero-order valence-electron chi connectivity index (χ0n) is 14.6. The third-order valence-corrected chi connectivity index (χ3v) is 5.47. The Labute approximate surface area is 191 Å². The number of nitrogens with zero attached hydrogens (tertiary/aromatic N) is 1. The van der Waals surface area contributed by atoms with Crippen LogP contribution in [0.2, 0.25) is 0 Å². The van der Waals surface area contributed by atoms with Crippen molar-refractivity contribution < 1.29 is 59.0 Å². The summed E-state index contributed by atoms with van der Waals surface area (Å²) in [6.45, 7) is -0.854. The Morgan fingerprint density at radius 2 is 1.00 bits per heavy atom. The summed E-state index contributed by atoms with van der Waals surface area (Å²) >= 11 is 3.01. The van der Waals surface area contributed by atoms with Crippen molar-refractivity contribution in [3.8, 4) is 0 Å². The van der Waals surface area contributed by atoms with Gasteiger partial charge in [-0.25, -0.2) is 0 Å². The van der Waals surface area contributed by atoms with Gasteiger partial charge in [-0.15, -0.1) is 0 Å². The molecular formula is C14H19I2NO12. The summed E-state index contributed by atoms with van der Waals surface area (Å²) in [7, 11) is 0.